The Morgan fingerprint density at radius 1 is 1.26 bits per heavy atom. The second-order valence-electron chi connectivity index (χ2n) is 8.97. The predicted molar refractivity (Wildman–Crippen MR) is 126 cm³/mol. The summed E-state index contributed by atoms with van der Waals surface area (Å²) in [5.41, 5.74) is 4.89. The molecule has 2 aliphatic rings. The minimum atomic E-state index is -0.664. The van der Waals surface area contributed by atoms with Gasteiger partial charge in [-0.3, -0.25) is 4.79 Å². The number of aliphatic carboxylic acids is 1. The van der Waals surface area contributed by atoms with Crippen LogP contribution in [-0.4, -0.2) is 52.4 Å². The minimum Gasteiger partial charge on any atom is -0.490 e. The van der Waals surface area contributed by atoms with Crippen LogP contribution in [0.25, 0.3) is 22.8 Å². The molecule has 0 saturated carbocycles. The van der Waals surface area contributed by atoms with Gasteiger partial charge in [0.1, 0.15) is 11.8 Å². The third-order valence-electron chi connectivity index (χ3n) is 5.94. The number of nitriles is 1. The van der Waals surface area contributed by atoms with E-state index >= 15 is 0 Å². The van der Waals surface area contributed by atoms with Crippen LogP contribution in [0.3, 0.4) is 0 Å². The van der Waals surface area contributed by atoms with Gasteiger partial charge in [0.2, 0.25) is 5.82 Å². The fourth-order valence-electron chi connectivity index (χ4n) is 4.24. The Kier molecular flexibility index (Phi) is 6.94. The molecule has 1 fully saturated rings. The molecule has 0 spiro atoms. The third kappa shape index (κ3) is 5.10. The highest BCUT2D eigenvalue weighted by atomic mass is 16.5. The van der Waals surface area contributed by atoms with E-state index in [1.54, 1.807) is 12.1 Å². The number of carboxylic acid groups (broad SMARTS) is 1. The monoisotopic (exact) mass is 460 g/mol. The largest absolute Gasteiger partial charge is 0.490 e. The van der Waals surface area contributed by atoms with Gasteiger partial charge < -0.3 is 19.3 Å². The number of ether oxygens (including phenoxy) is 1. The number of hydrogen-bond acceptors (Lipinski definition) is 7. The van der Waals surface area contributed by atoms with E-state index in [2.05, 4.69) is 22.3 Å². The first-order chi connectivity index (χ1) is 16.4. The minimum absolute atomic E-state index is 0.00290. The van der Waals surface area contributed by atoms with Crippen molar-refractivity contribution in [3.05, 3.63) is 53.1 Å². The zero-order valence-corrected chi connectivity index (χ0v) is 19.6. The van der Waals surface area contributed by atoms with Crippen molar-refractivity contribution < 1.29 is 19.2 Å². The van der Waals surface area contributed by atoms with E-state index < -0.39 is 5.97 Å². The van der Waals surface area contributed by atoms with E-state index in [9.17, 15) is 10.1 Å². The lowest BCUT2D eigenvalue weighted by atomic mass is 10.0. The first-order valence-corrected chi connectivity index (χ1v) is 11.4. The Morgan fingerprint density at radius 3 is 2.71 bits per heavy atom. The van der Waals surface area contributed by atoms with Crippen LogP contribution in [-0.2, 0) is 17.6 Å². The lowest BCUT2D eigenvalue weighted by Gasteiger charge is -2.32. The van der Waals surface area contributed by atoms with Crippen LogP contribution in [0.2, 0.25) is 0 Å². The highest BCUT2D eigenvalue weighted by Gasteiger charge is 2.29. The van der Waals surface area contributed by atoms with E-state index in [0.29, 0.717) is 28.6 Å². The third-order valence-corrected chi connectivity index (χ3v) is 5.94. The van der Waals surface area contributed by atoms with E-state index in [1.165, 1.54) is 17.5 Å². The molecular formula is C26H28N4O4. The van der Waals surface area contributed by atoms with Crippen LogP contribution >= 0.6 is 0 Å². The summed E-state index contributed by atoms with van der Waals surface area (Å²) in [6, 6.07) is 13.8. The van der Waals surface area contributed by atoms with Crippen molar-refractivity contribution in [2.75, 3.05) is 20.1 Å². The van der Waals surface area contributed by atoms with Gasteiger partial charge in [-0.25, -0.2) is 0 Å². The SMILES string of the molecule is CC(C)Oc1ccc(-c2nc(-c3cccc4c3CCC4)no2)cc1C#N.CN1CC(C(=O)O)C1. The van der Waals surface area contributed by atoms with Crippen molar-refractivity contribution in [1.29, 1.82) is 5.26 Å². The van der Waals surface area contributed by atoms with Crippen LogP contribution in [0.15, 0.2) is 40.9 Å². The molecule has 176 valence electrons. The molecule has 1 saturated heterocycles. The molecule has 0 bridgehead atoms. The molecule has 1 aliphatic heterocycles. The maximum Gasteiger partial charge on any atom is 0.309 e. The fourth-order valence-corrected chi connectivity index (χ4v) is 4.24. The molecule has 8 nitrogen and oxygen atoms in total. The number of carboxylic acids is 1. The van der Waals surface area contributed by atoms with Crippen LogP contribution < -0.4 is 4.74 Å². The first kappa shape index (κ1) is 23.5. The van der Waals surface area contributed by atoms with Crippen LogP contribution in [0.1, 0.15) is 37.0 Å². The lowest BCUT2D eigenvalue weighted by molar-refractivity contribution is -0.146. The Bertz CT molecular complexity index is 1220. The number of fused-ring (bicyclic) bond motifs is 1. The van der Waals surface area contributed by atoms with Crippen LogP contribution in [0.5, 0.6) is 5.75 Å². The summed E-state index contributed by atoms with van der Waals surface area (Å²) in [6.07, 6.45) is 3.33. The summed E-state index contributed by atoms with van der Waals surface area (Å²) in [7, 11) is 1.92. The average molecular weight is 461 g/mol. The molecule has 2 aromatic carbocycles. The van der Waals surface area contributed by atoms with Crippen LogP contribution in [0.4, 0.5) is 0 Å². The summed E-state index contributed by atoms with van der Waals surface area (Å²) >= 11 is 0. The Hall–Kier alpha value is -3.70. The number of aromatic nitrogens is 2. The van der Waals surface area contributed by atoms with Gasteiger partial charge >= 0.3 is 5.97 Å². The van der Waals surface area contributed by atoms with Crippen LogP contribution in [0, 0.1) is 17.2 Å². The maximum absolute atomic E-state index is 10.1. The smallest absolute Gasteiger partial charge is 0.309 e. The molecule has 1 aromatic heterocycles. The molecule has 0 unspecified atom stereocenters. The maximum atomic E-state index is 10.1. The molecule has 8 heteroatoms. The summed E-state index contributed by atoms with van der Waals surface area (Å²) in [6.45, 7) is 5.29. The van der Waals surface area contributed by atoms with Crippen molar-refractivity contribution in [2.24, 2.45) is 5.92 Å². The molecule has 0 atom stereocenters. The average Bonchev–Trinajstić information content (AvgIpc) is 3.47. The number of benzene rings is 2. The standard InChI is InChI=1S/C21H19N3O2.C5H9NO2/c1-13(2)25-19-10-9-15(11-16(19)12-22)21-23-20(24-26-21)18-8-4-6-14-5-3-7-17(14)18;1-6-2-4(3-6)5(7)8/h4,6,8-11,13H,3,5,7H2,1-2H3;4H,2-3H2,1H3,(H,7,8). The van der Waals surface area contributed by atoms with Crippen molar-refractivity contribution in [3.8, 4) is 34.7 Å². The van der Waals surface area contributed by atoms with E-state index in [4.69, 9.17) is 14.4 Å². The molecule has 0 radical (unpaired) electrons. The predicted octanol–water partition coefficient (Wildman–Crippen LogP) is 4.18. The molecule has 0 amide bonds. The van der Waals surface area contributed by atoms with Gasteiger partial charge in [-0.05, 0) is 69.5 Å². The van der Waals surface area contributed by atoms with Gasteiger partial charge in [-0.1, -0.05) is 23.4 Å². The zero-order chi connectivity index (χ0) is 24.2. The van der Waals surface area contributed by atoms with Crippen molar-refractivity contribution in [3.63, 3.8) is 0 Å². The van der Waals surface area contributed by atoms with Gasteiger partial charge in [-0.15, -0.1) is 0 Å². The quantitative estimate of drug-likeness (QED) is 0.603. The highest BCUT2D eigenvalue weighted by molar-refractivity contribution is 5.71. The number of rotatable bonds is 5. The Labute approximate surface area is 198 Å². The van der Waals surface area contributed by atoms with Gasteiger partial charge in [0.05, 0.1) is 17.6 Å². The molecule has 3 aromatic rings. The normalized spacial score (nSPS) is 15.1. The van der Waals surface area contributed by atoms with E-state index in [1.807, 2.05) is 44.0 Å². The zero-order valence-electron chi connectivity index (χ0n) is 19.6. The van der Waals surface area contributed by atoms with Gasteiger partial charge in [0.15, 0.2) is 0 Å². The summed E-state index contributed by atoms with van der Waals surface area (Å²) in [4.78, 5) is 16.7. The molecule has 34 heavy (non-hydrogen) atoms. The molecule has 1 aliphatic carbocycles. The summed E-state index contributed by atoms with van der Waals surface area (Å²) < 4.78 is 11.1. The van der Waals surface area contributed by atoms with Gasteiger partial charge in [0.25, 0.3) is 5.89 Å². The number of aryl methyl sites for hydroxylation is 1. The number of nitrogens with zero attached hydrogens (tertiary/aromatic N) is 4. The van der Waals surface area contributed by atoms with Crippen molar-refractivity contribution >= 4 is 5.97 Å². The Balaban J connectivity index is 0.000000291. The summed E-state index contributed by atoms with van der Waals surface area (Å²) in [5, 5.41) is 21.9. The fraction of sp³-hybridized carbons (Fsp3) is 0.385. The molecule has 5 rings (SSSR count). The summed E-state index contributed by atoms with van der Waals surface area (Å²) in [5.74, 6) is 0.804. The number of carbonyl (C=O) groups is 1. The lowest BCUT2D eigenvalue weighted by Crippen LogP contribution is -2.47. The topological polar surface area (TPSA) is 112 Å². The highest BCUT2D eigenvalue weighted by Crippen LogP contribution is 2.33. The van der Waals surface area contributed by atoms with Crippen molar-refractivity contribution in [1.82, 2.24) is 15.0 Å². The second kappa shape index (κ2) is 10.1. The van der Waals surface area contributed by atoms with Gasteiger partial charge in [-0.2, -0.15) is 10.2 Å². The van der Waals surface area contributed by atoms with Crippen molar-refractivity contribution in [2.45, 2.75) is 39.2 Å². The van der Waals surface area contributed by atoms with E-state index in [-0.39, 0.29) is 12.0 Å². The number of hydrogen-bond donors (Lipinski definition) is 1. The number of likely N-dealkylation sites (tertiary alicyclic amines) is 1. The van der Waals surface area contributed by atoms with Gasteiger partial charge in [0, 0.05) is 24.2 Å². The second-order valence-corrected chi connectivity index (χ2v) is 8.97. The molecule has 2 heterocycles. The first-order valence-electron chi connectivity index (χ1n) is 11.4. The Morgan fingerprint density at radius 2 is 2.06 bits per heavy atom. The molecular weight excluding hydrogens is 432 g/mol. The van der Waals surface area contributed by atoms with E-state index in [0.717, 1.165) is 31.5 Å². The molecule has 1 N–H and O–H groups in total.